The summed E-state index contributed by atoms with van der Waals surface area (Å²) in [6, 6.07) is 9.47. The van der Waals surface area contributed by atoms with E-state index in [0.717, 1.165) is 11.4 Å². The van der Waals surface area contributed by atoms with Crippen LogP contribution in [0.2, 0.25) is 0 Å². The highest BCUT2D eigenvalue weighted by atomic mass is 32.2. The van der Waals surface area contributed by atoms with Gasteiger partial charge in [0.15, 0.2) is 20.8 Å². The molecule has 1 atom stereocenters. The van der Waals surface area contributed by atoms with Crippen molar-refractivity contribution in [1.82, 2.24) is 19.7 Å². The lowest BCUT2D eigenvalue weighted by Gasteiger charge is -2.23. The van der Waals surface area contributed by atoms with Crippen LogP contribution in [0.1, 0.15) is 6.42 Å². The summed E-state index contributed by atoms with van der Waals surface area (Å²) in [5, 5.41) is 9.12. The Kier molecular flexibility index (Phi) is 6.01. The van der Waals surface area contributed by atoms with Crippen LogP contribution < -0.4 is 0 Å². The van der Waals surface area contributed by atoms with E-state index in [1.165, 1.54) is 11.8 Å². The average molecular weight is 407 g/mol. The number of allylic oxidation sites excluding steroid dienone is 1. The van der Waals surface area contributed by atoms with E-state index in [0.29, 0.717) is 18.1 Å². The van der Waals surface area contributed by atoms with E-state index >= 15 is 0 Å². The Labute approximate surface area is 163 Å². The highest BCUT2D eigenvalue weighted by Crippen LogP contribution is 2.25. The summed E-state index contributed by atoms with van der Waals surface area (Å²) < 4.78 is 25.2. The van der Waals surface area contributed by atoms with Gasteiger partial charge in [-0.3, -0.25) is 9.36 Å². The van der Waals surface area contributed by atoms with Crippen LogP contribution in [0.5, 0.6) is 0 Å². The van der Waals surface area contributed by atoms with E-state index in [1.54, 1.807) is 18.0 Å². The molecule has 1 aliphatic heterocycles. The molecule has 144 valence electrons. The molecule has 2 heterocycles. The lowest BCUT2D eigenvalue weighted by atomic mass is 10.2. The summed E-state index contributed by atoms with van der Waals surface area (Å²) in [5.41, 5.74) is 0.943. The van der Waals surface area contributed by atoms with Crippen molar-refractivity contribution in [3.8, 4) is 11.4 Å². The Hall–Kier alpha value is -2.13. The van der Waals surface area contributed by atoms with Crippen LogP contribution in [0.25, 0.3) is 11.4 Å². The molecule has 0 N–H and O–H groups in total. The predicted octanol–water partition coefficient (Wildman–Crippen LogP) is 1.87. The van der Waals surface area contributed by atoms with Gasteiger partial charge in [-0.25, -0.2) is 8.42 Å². The second-order valence-electron chi connectivity index (χ2n) is 6.42. The third-order valence-electron chi connectivity index (χ3n) is 4.53. The minimum atomic E-state index is -3.02. The number of nitrogens with zero attached hydrogens (tertiary/aromatic N) is 4. The third kappa shape index (κ3) is 4.59. The van der Waals surface area contributed by atoms with Gasteiger partial charge in [0.05, 0.1) is 17.3 Å². The van der Waals surface area contributed by atoms with Gasteiger partial charge in [0, 0.05) is 25.2 Å². The highest BCUT2D eigenvalue weighted by Gasteiger charge is 2.32. The number of thioether (sulfide) groups is 1. The van der Waals surface area contributed by atoms with Crippen LogP contribution in [0.4, 0.5) is 0 Å². The van der Waals surface area contributed by atoms with E-state index in [-0.39, 0.29) is 29.2 Å². The summed E-state index contributed by atoms with van der Waals surface area (Å²) in [6.45, 7) is 4.32. The van der Waals surface area contributed by atoms with Gasteiger partial charge in [0.25, 0.3) is 0 Å². The van der Waals surface area contributed by atoms with Crippen molar-refractivity contribution in [3.05, 3.63) is 43.0 Å². The zero-order chi connectivity index (χ0) is 19.4. The molecular weight excluding hydrogens is 384 g/mol. The second kappa shape index (κ2) is 8.26. The summed E-state index contributed by atoms with van der Waals surface area (Å²) in [5.74, 6) is 0.982. The fraction of sp³-hybridized carbons (Fsp3) is 0.389. The monoisotopic (exact) mass is 406 g/mol. The Morgan fingerprint density at radius 1 is 1.37 bits per heavy atom. The predicted molar refractivity (Wildman–Crippen MR) is 106 cm³/mol. The highest BCUT2D eigenvalue weighted by molar-refractivity contribution is 7.99. The molecule has 0 unspecified atom stereocenters. The normalized spacial score (nSPS) is 18.3. The molecule has 9 heteroatoms. The van der Waals surface area contributed by atoms with Gasteiger partial charge < -0.3 is 4.90 Å². The fourth-order valence-corrected chi connectivity index (χ4v) is 5.65. The number of sulfone groups is 1. The smallest absolute Gasteiger partial charge is 0.233 e. The minimum Gasteiger partial charge on any atom is -0.341 e. The maximum absolute atomic E-state index is 12.5. The standard InChI is InChI=1S/C18H22N4O3S2/c1-3-10-22-17(14-7-5-4-6-8-14)19-20-18(22)26-12-16(23)21(2)15-9-11-27(24,25)13-15/h3-8,15H,1,9-13H2,2H3/t15-/m0/s1. The number of hydrogen-bond acceptors (Lipinski definition) is 6. The third-order valence-corrected chi connectivity index (χ3v) is 7.24. The van der Waals surface area contributed by atoms with Crippen LogP contribution in [0.15, 0.2) is 48.1 Å². The Morgan fingerprint density at radius 2 is 2.11 bits per heavy atom. The van der Waals surface area contributed by atoms with Crippen LogP contribution in [0.3, 0.4) is 0 Å². The lowest BCUT2D eigenvalue weighted by molar-refractivity contribution is -0.128. The number of benzene rings is 1. The average Bonchev–Trinajstić information content (AvgIpc) is 3.23. The summed E-state index contributed by atoms with van der Waals surface area (Å²) in [7, 11) is -1.36. The molecule has 27 heavy (non-hydrogen) atoms. The Balaban J connectivity index is 1.70. The van der Waals surface area contributed by atoms with Crippen molar-refractivity contribution in [2.45, 2.75) is 24.2 Å². The molecule has 0 saturated carbocycles. The van der Waals surface area contributed by atoms with Gasteiger partial charge in [-0.1, -0.05) is 48.2 Å². The molecule has 7 nitrogen and oxygen atoms in total. The molecular formula is C18H22N4O3S2. The van der Waals surface area contributed by atoms with E-state index in [1.807, 2.05) is 34.9 Å². The molecule has 1 fully saturated rings. The van der Waals surface area contributed by atoms with Crippen LogP contribution in [-0.2, 0) is 21.2 Å². The largest absolute Gasteiger partial charge is 0.341 e. The molecule has 0 radical (unpaired) electrons. The Bertz CT molecular complexity index is 925. The first-order chi connectivity index (χ1) is 12.9. The molecule has 1 aromatic heterocycles. The molecule has 1 saturated heterocycles. The first kappa shape index (κ1) is 19.6. The fourth-order valence-electron chi connectivity index (χ4n) is 3.00. The molecule has 1 amide bonds. The van der Waals surface area contributed by atoms with E-state index in [2.05, 4.69) is 16.8 Å². The molecule has 0 bridgehead atoms. The van der Waals surface area contributed by atoms with E-state index in [4.69, 9.17) is 0 Å². The van der Waals surface area contributed by atoms with Gasteiger partial charge in [0.1, 0.15) is 0 Å². The topological polar surface area (TPSA) is 85.2 Å². The number of carbonyl (C=O) groups is 1. The van der Waals surface area contributed by atoms with Crippen LogP contribution in [-0.4, -0.2) is 64.3 Å². The van der Waals surface area contributed by atoms with E-state index in [9.17, 15) is 13.2 Å². The van der Waals surface area contributed by atoms with Gasteiger partial charge in [-0.2, -0.15) is 0 Å². The quantitative estimate of drug-likeness (QED) is 0.515. The van der Waals surface area contributed by atoms with Gasteiger partial charge in [-0.05, 0) is 6.42 Å². The van der Waals surface area contributed by atoms with Crippen molar-refractivity contribution in [3.63, 3.8) is 0 Å². The number of rotatable bonds is 7. The van der Waals surface area contributed by atoms with Crippen molar-refractivity contribution >= 4 is 27.5 Å². The van der Waals surface area contributed by atoms with Crippen LogP contribution in [0, 0.1) is 0 Å². The number of hydrogen-bond donors (Lipinski definition) is 0. The SMILES string of the molecule is C=CCn1c(SCC(=O)N(C)[C@H]2CCS(=O)(=O)C2)nnc1-c1ccccc1. The lowest BCUT2D eigenvalue weighted by Crippen LogP contribution is -2.38. The maximum atomic E-state index is 12.5. The summed E-state index contributed by atoms with van der Waals surface area (Å²) >= 11 is 1.30. The number of carbonyl (C=O) groups excluding carboxylic acids is 1. The molecule has 0 spiro atoms. The minimum absolute atomic E-state index is 0.0463. The number of aromatic nitrogens is 3. The summed E-state index contributed by atoms with van der Waals surface area (Å²) in [4.78, 5) is 14.0. The number of amides is 1. The van der Waals surface area contributed by atoms with Crippen molar-refractivity contribution in [2.24, 2.45) is 0 Å². The van der Waals surface area contributed by atoms with Crippen molar-refractivity contribution in [1.29, 1.82) is 0 Å². The van der Waals surface area contributed by atoms with Crippen molar-refractivity contribution in [2.75, 3.05) is 24.3 Å². The van der Waals surface area contributed by atoms with Gasteiger partial charge in [-0.15, -0.1) is 16.8 Å². The zero-order valence-corrected chi connectivity index (χ0v) is 16.7. The molecule has 1 aromatic carbocycles. The first-order valence-electron chi connectivity index (χ1n) is 8.59. The first-order valence-corrected chi connectivity index (χ1v) is 11.4. The van der Waals surface area contributed by atoms with Gasteiger partial charge >= 0.3 is 0 Å². The van der Waals surface area contributed by atoms with Crippen LogP contribution >= 0.6 is 11.8 Å². The van der Waals surface area contributed by atoms with Crippen molar-refractivity contribution < 1.29 is 13.2 Å². The Morgan fingerprint density at radius 3 is 2.74 bits per heavy atom. The molecule has 3 rings (SSSR count). The molecule has 1 aliphatic rings. The van der Waals surface area contributed by atoms with E-state index < -0.39 is 9.84 Å². The second-order valence-corrected chi connectivity index (χ2v) is 9.59. The molecule has 2 aromatic rings. The summed E-state index contributed by atoms with van der Waals surface area (Å²) in [6.07, 6.45) is 2.26. The zero-order valence-electron chi connectivity index (χ0n) is 15.1. The van der Waals surface area contributed by atoms with Gasteiger partial charge in [0.2, 0.25) is 5.91 Å². The molecule has 0 aliphatic carbocycles. The maximum Gasteiger partial charge on any atom is 0.233 e.